The monoisotopic (exact) mass is 410 g/mol. The predicted octanol–water partition coefficient (Wildman–Crippen LogP) is 4.19. The molecule has 4 rings (SSSR count). The number of imide groups is 1. The van der Waals surface area contributed by atoms with Crippen molar-refractivity contribution in [2.45, 2.75) is 39.3 Å². The fourth-order valence-corrected chi connectivity index (χ4v) is 3.46. The molecule has 29 heavy (non-hydrogen) atoms. The molecular weight excluding hydrogens is 388 g/mol. The molecule has 1 fully saturated rings. The molecule has 1 N–H and O–H groups in total. The molecule has 7 heteroatoms. The summed E-state index contributed by atoms with van der Waals surface area (Å²) in [5.74, 6) is 0.622. The van der Waals surface area contributed by atoms with Crippen LogP contribution in [-0.2, 0) is 16.1 Å². The van der Waals surface area contributed by atoms with Crippen LogP contribution in [0.3, 0.4) is 0 Å². The molecule has 0 aliphatic carbocycles. The van der Waals surface area contributed by atoms with Crippen LogP contribution in [0.4, 0.5) is 5.82 Å². The van der Waals surface area contributed by atoms with Gasteiger partial charge in [0.25, 0.3) is 0 Å². The number of anilines is 1. The molecule has 0 spiro atoms. The third-order valence-electron chi connectivity index (χ3n) is 4.82. The van der Waals surface area contributed by atoms with Crippen molar-refractivity contribution in [3.8, 4) is 11.1 Å². The molecular formula is C22H23ClN4O2. The lowest BCUT2D eigenvalue weighted by Crippen LogP contribution is -2.28. The largest absolute Gasteiger partial charge is 0.367 e. The number of carbonyl (C=O) groups is 2. The van der Waals surface area contributed by atoms with Gasteiger partial charge in [0.15, 0.2) is 0 Å². The second-order valence-electron chi connectivity index (χ2n) is 7.33. The minimum absolute atomic E-state index is 0. The van der Waals surface area contributed by atoms with Crippen LogP contribution in [0.2, 0.25) is 0 Å². The number of rotatable bonds is 5. The molecule has 2 amide bonds. The first kappa shape index (κ1) is 20.7. The van der Waals surface area contributed by atoms with Crippen LogP contribution < -0.4 is 5.32 Å². The van der Waals surface area contributed by atoms with Gasteiger partial charge in [-0.15, -0.1) is 12.4 Å². The standard InChI is InChI=1S/C22H22N4O2.ClH/c1-14(2)25-22-18-11-17(6-7-19(18)23-13-24-22)16-5-3-4-15(10-16)12-26-20(27)8-9-21(26)28;/h3-7,10-11,13-14H,8-9,12H2,1-2H3,(H,23,24,25);1H. The van der Waals surface area contributed by atoms with Crippen molar-refractivity contribution < 1.29 is 9.59 Å². The number of fused-ring (bicyclic) bond motifs is 1. The van der Waals surface area contributed by atoms with Gasteiger partial charge in [-0.25, -0.2) is 9.97 Å². The molecule has 1 aliphatic rings. The molecule has 1 aromatic heterocycles. The van der Waals surface area contributed by atoms with E-state index in [-0.39, 0.29) is 30.3 Å². The van der Waals surface area contributed by atoms with E-state index in [9.17, 15) is 9.59 Å². The molecule has 0 unspecified atom stereocenters. The highest BCUT2D eigenvalue weighted by atomic mass is 35.5. The molecule has 2 heterocycles. The Hall–Kier alpha value is -2.99. The maximum atomic E-state index is 11.9. The zero-order valence-electron chi connectivity index (χ0n) is 16.4. The number of benzene rings is 2. The number of nitrogens with one attached hydrogen (secondary N) is 1. The van der Waals surface area contributed by atoms with Crippen molar-refractivity contribution in [2.75, 3.05) is 5.32 Å². The fraction of sp³-hybridized carbons (Fsp3) is 0.273. The first-order valence-corrected chi connectivity index (χ1v) is 9.45. The van der Waals surface area contributed by atoms with Gasteiger partial charge in [0, 0.05) is 24.3 Å². The second-order valence-corrected chi connectivity index (χ2v) is 7.33. The third-order valence-corrected chi connectivity index (χ3v) is 4.82. The summed E-state index contributed by atoms with van der Waals surface area (Å²) in [6, 6.07) is 14.3. The molecule has 3 aromatic rings. The maximum Gasteiger partial charge on any atom is 0.229 e. The summed E-state index contributed by atoms with van der Waals surface area (Å²) in [5.41, 5.74) is 3.88. The van der Waals surface area contributed by atoms with Crippen LogP contribution in [0, 0.1) is 0 Å². The second kappa shape index (κ2) is 8.57. The van der Waals surface area contributed by atoms with E-state index in [1.165, 1.54) is 4.90 Å². The third kappa shape index (κ3) is 4.38. The van der Waals surface area contributed by atoms with Gasteiger partial charge in [0.1, 0.15) is 12.1 Å². The lowest BCUT2D eigenvalue weighted by molar-refractivity contribution is -0.139. The number of aromatic nitrogens is 2. The first-order valence-electron chi connectivity index (χ1n) is 9.45. The SMILES string of the molecule is CC(C)Nc1ncnc2ccc(-c3cccc(CN4C(=O)CCC4=O)c3)cc12.Cl. The predicted molar refractivity (Wildman–Crippen MR) is 116 cm³/mol. The molecule has 2 aromatic carbocycles. The summed E-state index contributed by atoms with van der Waals surface area (Å²) in [4.78, 5) is 33.9. The lowest BCUT2D eigenvalue weighted by atomic mass is 10.0. The van der Waals surface area contributed by atoms with Crippen molar-refractivity contribution in [2.24, 2.45) is 0 Å². The Kier molecular flexibility index (Phi) is 6.13. The molecule has 0 radical (unpaired) electrons. The van der Waals surface area contributed by atoms with E-state index >= 15 is 0 Å². The van der Waals surface area contributed by atoms with Gasteiger partial charge in [-0.05, 0) is 48.7 Å². The zero-order chi connectivity index (χ0) is 19.7. The summed E-state index contributed by atoms with van der Waals surface area (Å²) >= 11 is 0. The molecule has 6 nitrogen and oxygen atoms in total. The summed E-state index contributed by atoms with van der Waals surface area (Å²) in [5, 5.41) is 4.33. The Morgan fingerprint density at radius 3 is 2.45 bits per heavy atom. The number of halogens is 1. The van der Waals surface area contributed by atoms with E-state index in [0.717, 1.165) is 33.4 Å². The average molecular weight is 411 g/mol. The Balaban J connectivity index is 0.00000240. The molecule has 0 atom stereocenters. The summed E-state index contributed by atoms with van der Waals surface area (Å²) in [6.07, 6.45) is 2.20. The molecule has 0 saturated carbocycles. The van der Waals surface area contributed by atoms with Gasteiger partial charge >= 0.3 is 0 Å². The zero-order valence-corrected chi connectivity index (χ0v) is 17.2. The molecule has 0 bridgehead atoms. The normalized spacial score (nSPS) is 13.8. The van der Waals surface area contributed by atoms with Crippen LogP contribution in [0.15, 0.2) is 48.8 Å². The van der Waals surface area contributed by atoms with Crippen molar-refractivity contribution in [1.82, 2.24) is 14.9 Å². The minimum atomic E-state index is -0.0948. The van der Waals surface area contributed by atoms with E-state index in [1.54, 1.807) is 6.33 Å². The smallest absolute Gasteiger partial charge is 0.229 e. The van der Waals surface area contributed by atoms with Crippen LogP contribution in [0.1, 0.15) is 32.3 Å². The van der Waals surface area contributed by atoms with E-state index in [1.807, 2.05) is 36.4 Å². The van der Waals surface area contributed by atoms with Gasteiger partial charge in [-0.1, -0.05) is 24.3 Å². The summed E-state index contributed by atoms with van der Waals surface area (Å²) in [7, 11) is 0. The van der Waals surface area contributed by atoms with Crippen LogP contribution >= 0.6 is 12.4 Å². The van der Waals surface area contributed by atoms with Crippen molar-refractivity contribution in [1.29, 1.82) is 0 Å². The molecule has 150 valence electrons. The maximum absolute atomic E-state index is 11.9. The quantitative estimate of drug-likeness (QED) is 0.638. The molecule has 1 aliphatic heterocycles. The fourth-order valence-electron chi connectivity index (χ4n) is 3.46. The number of likely N-dealkylation sites (tertiary alicyclic amines) is 1. The van der Waals surface area contributed by atoms with E-state index in [0.29, 0.717) is 19.4 Å². The average Bonchev–Trinajstić information content (AvgIpc) is 3.00. The molecule has 1 saturated heterocycles. The van der Waals surface area contributed by atoms with Crippen molar-refractivity contribution >= 4 is 40.9 Å². The number of nitrogens with zero attached hydrogens (tertiary/aromatic N) is 3. The Morgan fingerprint density at radius 2 is 1.72 bits per heavy atom. The van der Waals surface area contributed by atoms with Crippen LogP contribution in [0.25, 0.3) is 22.0 Å². The van der Waals surface area contributed by atoms with E-state index in [4.69, 9.17) is 0 Å². The van der Waals surface area contributed by atoms with Gasteiger partial charge < -0.3 is 5.32 Å². The van der Waals surface area contributed by atoms with Gasteiger partial charge in [-0.3, -0.25) is 14.5 Å². The van der Waals surface area contributed by atoms with Crippen LogP contribution in [0.5, 0.6) is 0 Å². The highest BCUT2D eigenvalue weighted by Crippen LogP contribution is 2.28. The summed E-state index contributed by atoms with van der Waals surface area (Å²) < 4.78 is 0. The van der Waals surface area contributed by atoms with E-state index < -0.39 is 0 Å². The summed E-state index contributed by atoms with van der Waals surface area (Å²) in [6.45, 7) is 4.47. The van der Waals surface area contributed by atoms with Gasteiger partial charge in [-0.2, -0.15) is 0 Å². The lowest BCUT2D eigenvalue weighted by Gasteiger charge is -2.15. The van der Waals surface area contributed by atoms with Gasteiger partial charge in [0.05, 0.1) is 12.1 Å². The Labute approximate surface area is 175 Å². The number of hydrogen-bond donors (Lipinski definition) is 1. The highest BCUT2D eigenvalue weighted by Gasteiger charge is 2.28. The first-order chi connectivity index (χ1) is 13.5. The number of carbonyl (C=O) groups excluding carboxylic acids is 2. The minimum Gasteiger partial charge on any atom is -0.367 e. The number of hydrogen-bond acceptors (Lipinski definition) is 5. The number of amides is 2. The van der Waals surface area contributed by atoms with Crippen molar-refractivity contribution in [3.63, 3.8) is 0 Å². The van der Waals surface area contributed by atoms with E-state index in [2.05, 4.69) is 35.2 Å². The highest BCUT2D eigenvalue weighted by molar-refractivity contribution is 6.01. The van der Waals surface area contributed by atoms with Crippen molar-refractivity contribution in [3.05, 3.63) is 54.4 Å². The Morgan fingerprint density at radius 1 is 1.00 bits per heavy atom. The Bertz CT molecular complexity index is 1050. The topological polar surface area (TPSA) is 75.2 Å². The van der Waals surface area contributed by atoms with Crippen LogP contribution in [-0.4, -0.2) is 32.7 Å². The van der Waals surface area contributed by atoms with Gasteiger partial charge in [0.2, 0.25) is 11.8 Å².